The highest BCUT2D eigenvalue weighted by Crippen LogP contribution is 2.42. The summed E-state index contributed by atoms with van der Waals surface area (Å²) in [5.74, 6) is -2.60. The molecule has 0 saturated carbocycles. The highest BCUT2D eigenvalue weighted by Gasteiger charge is 2.49. The van der Waals surface area contributed by atoms with Gasteiger partial charge in [-0.15, -0.1) is 0 Å². The van der Waals surface area contributed by atoms with Crippen molar-refractivity contribution in [3.8, 4) is 0 Å². The van der Waals surface area contributed by atoms with E-state index < -0.39 is 91.5 Å². The van der Waals surface area contributed by atoms with Crippen LogP contribution in [0.4, 0.5) is 16.3 Å². The number of hydrogen-bond acceptors (Lipinski definition) is 16. The minimum Gasteiger partial charge on any atom is -0.445 e. The van der Waals surface area contributed by atoms with Crippen molar-refractivity contribution < 1.29 is 58.4 Å². The molecule has 0 aliphatic carbocycles. The quantitative estimate of drug-likeness (QED) is 0.0316. The number of aromatic nitrogens is 4. The van der Waals surface area contributed by atoms with E-state index in [1.807, 2.05) is 13.8 Å². The van der Waals surface area contributed by atoms with Crippen LogP contribution in [-0.2, 0) is 44.8 Å². The fourth-order valence-corrected chi connectivity index (χ4v) is 10.1. The van der Waals surface area contributed by atoms with Crippen molar-refractivity contribution in [1.82, 2.24) is 45.7 Å². The molecule has 2 saturated heterocycles. The molecule has 24 heteroatoms. The smallest absolute Gasteiger partial charge is 0.410 e. The maximum atomic E-state index is 13.3. The number of carbonyl (C=O) groups excluding carboxylic acids is 7. The minimum atomic E-state index is -1.61. The number of carbonyl (C=O) groups is 7. The Morgan fingerprint density at radius 1 is 0.986 bits per heavy atom. The van der Waals surface area contributed by atoms with E-state index in [1.165, 1.54) is 20.3 Å². The van der Waals surface area contributed by atoms with E-state index in [9.17, 15) is 48.9 Å². The molecule has 408 valence electrons. The first-order chi connectivity index (χ1) is 35.2. The third-order valence-corrected chi connectivity index (χ3v) is 15.7. The average molecular weight is 1150 g/mol. The Hall–Kier alpha value is -5.57. The normalized spacial score (nSPS) is 21.9. The fourth-order valence-electron chi connectivity index (χ4n) is 9.09. The van der Waals surface area contributed by atoms with Gasteiger partial charge in [0.25, 0.3) is 0 Å². The molecule has 10 atom stereocenters. The van der Waals surface area contributed by atoms with Gasteiger partial charge in [-0.05, 0) is 56.2 Å². The summed E-state index contributed by atoms with van der Waals surface area (Å²) >= 11 is 2.29. The van der Waals surface area contributed by atoms with Crippen LogP contribution in [0.1, 0.15) is 124 Å². The standard InChI is InChI=1S/C50H74IN11O12/c1-9-13-14-30(11-3)42-58-39-43(59-42)52-26-53-44(39)60-47-41(68)40(67)38(33(24-63)74-47)57-35(65)23-61(8)49(72)73-25-29-15-17-31(18-16-29)55-45(69)28(7)54-46(70)37(27(5)6)56-34(64)19-21-62-36(66)22-32(48(62)71)50(51,12-4)20-10-2/h15-18,26-28,30,32-33,37-38,40-41,47,63,67-68H,9-14,19-25H2,1-8H3,(H,54,70)(H,55,69)(H,56,64)(H,57,65)(H2,52,53,58,59,60)/t28-,30?,32?,33-,37-,38-,40+,41-,47-,50?/m0/s1. The van der Waals surface area contributed by atoms with Crippen LogP contribution in [0.5, 0.6) is 0 Å². The number of ether oxygens (including phenoxy) is 2. The van der Waals surface area contributed by atoms with E-state index >= 15 is 0 Å². The number of benzene rings is 1. The number of alkyl halides is 1. The Labute approximate surface area is 445 Å². The Kier molecular flexibility index (Phi) is 21.9. The lowest BCUT2D eigenvalue weighted by Gasteiger charge is -2.42. The van der Waals surface area contributed by atoms with Crippen LogP contribution in [0, 0.1) is 11.8 Å². The third-order valence-electron chi connectivity index (χ3n) is 13.6. The van der Waals surface area contributed by atoms with E-state index in [1.54, 1.807) is 38.1 Å². The molecular formula is C50H74IN11O12. The molecule has 4 heterocycles. The first kappa shape index (κ1) is 59.3. The van der Waals surface area contributed by atoms with Crippen molar-refractivity contribution in [2.75, 3.05) is 37.4 Å². The number of aromatic amines is 1. The zero-order valence-electron chi connectivity index (χ0n) is 43.5. The van der Waals surface area contributed by atoms with Crippen LogP contribution in [0.15, 0.2) is 30.6 Å². The highest BCUT2D eigenvalue weighted by atomic mass is 127. The molecule has 23 nitrogen and oxygen atoms in total. The number of aliphatic hydroxyl groups excluding tert-OH is 3. The number of rotatable bonds is 26. The van der Waals surface area contributed by atoms with Crippen molar-refractivity contribution in [2.24, 2.45) is 11.8 Å². The molecule has 0 spiro atoms. The first-order valence-electron chi connectivity index (χ1n) is 25.5. The van der Waals surface area contributed by atoms with Gasteiger partial charge in [-0.2, -0.15) is 0 Å². The molecule has 3 unspecified atom stereocenters. The number of H-pyrrole nitrogens is 1. The molecule has 2 aliphatic heterocycles. The van der Waals surface area contributed by atoms with Crippen LogP contribution in [-0.4, -0.2) is 159 Å². The number of aliphatic hydroxyl groups is 3. The molecule has 2 fully saturated rings. The summed E-state index contributed by atoms with van der Waals surface area (Å²) in [7, 11) is 1.33. The van der Waals surface area contributed by atoms with Crippen LogP contribution >= 0.6 is 22.6 Å². The number of unbranched alkanes of at least 4 members (excludes halogenated alkanes) is 1. The second-order valence-electron chi connectivity index (χ2n) is 19.4. The van der Waals surface area contributed by atoms with E-state index in [2.05, 4.69) is 83.0 Å². The van der Waals surface area contributed by atoms with Gasteiger partial charge in [-0.25, -0.2) is 19.7 Å². The number of anilines is 2. The Morgan fingerprint density at radius 3 is 2.34 bits per heavy atom. The monoisotopic (exact) mass is 1150 g/mol. The summed E-state index contributed by atoms with van der Waals surface area (Å²) in [6, 6.07) is 3.05. The van der Waals surface area contributed by atoms with Crippen molar-refractivity contribution in [1.29, 1.82) is 0 Å². The van der Waals surface area contributed by atoms with Gasteiger partial charge in [0.2, 0.25) is 35.4 Å². The van der Waals surface area contributed by atoms with Gasteiger partial charge in [-0.3, -0.25) is 33.7 Å². The van der Waals surface area contributed by atoms with Crippen LogP contribution < -0.4 is 26.6 Å². The van der Waals surface area contributed by atoms with Gasteiger partial charge in [0.1, 0.15) is 61.2 Å². The molecular weight excluding hydrogens is 1070 g/mol. The number of amides is 7. The summed E-state index contributed by atoms with van der Waals surface area (Å²) in [5.41, 5.74) is 1.80. The molecule has 2 aliphatic rings. The SMILES string of the molecule is CCCCC(CC)c1nc2ncnc(N[C@H]3O[C@@H](CO)[C@H](NC(=O)CN(C)C(=O)OCc4ccc(NC(=O)[C@H](C)NC(=O)[C@@H](NC(=O)CCN5C(=O)CC(C(I)(CC)CCC)C5=O)C(C)C)cc4)[C@@H](O)[C@@H]3O)c2[nH]1. The molecule has 7 amide bonds. The average Bonchev–Trinajstić information content (AvgIpc) is 3.94. The zero-order valence-corrected chi connectivity index (χ0v) is 45.6. The lowest BCUT2D eigenvalue weighted by Crippen LogP contribution is -2.66. The summed E-state index contributed by atoms with van der Waals surface area (Å²) in [5, 5.41) is 46.0. The predicted molar refractivity (Wildman–Crippen MR) is 281 cm³/mol. The first-order valence-corrected chi connectivity index (χ1v) is 26.6. The summed E-state index contributed by atoms with van der Waals surface area (Å²) in [4.78, 5) is 110. The van der Waals surface area contributed by atoms with Crippen molar-refractivity contribution in [3.05, 3.63) is 42.0 Å². The third kappa shape index (κ3) is 15.1. The number of nitrogens with zero attached hydrogens (tertiary/aromatic N) is 5. The Morgan fingerprint density at radius 2 is 1.70 bits per heavy atom. The van der Waals surface area contributed by atoms with Gasteiger partial charge >= 0.3 is 6.09 Å². The lowest BCUT2D eigenvalue weighted by atomic mass is 9.85. The predicted octanol–water partition coefficient (Wildman–Crippen LogP) is 3.37. The van der Waals surface area contributed by atoms with Gasteiger partial charge in [0, 0.05) is 41.5 Å². The second kappa shape index (κ2) is 27.3. The maximum absolute atomic E-state index is 13.3. The second-order valence-corrected chi connectivity index (χ2v) is 21.6. The Bertz CT molecular complexity index is 2420. The van der Waals surface area contributed by atoms with Crippen LogP contribution in [0.3, 0.4) is 0 Å². The van der Waals surface area contributed by atoms with E-state index in [0.717, 1.165) is 60.6 Å². The summed E-state index contributed by atoms with van der Waals surface area (Å²) in [6.07, 6.45) is 1.03. The summed E-state index contributed by atoms with van der Waals surface area (Å²) < 4.78 is 11.0. The molecule has 9 N–H and O–H groups in total. The molecule has 1 aromatic carbocycles. The van der Waals surface area contributed by atoms with Crippen LogP contribution in [0.2, 0.25) is 0 Å². The number of imidazole rings is 1. The highest BCUT2D eigenvalue weighted by molar-refractivity contribution is 14.1. The number of likely N-dealkylation sites (N-methyl/N-ethyl adjacent to an activating group) is 1. The molecule has 3 aromatic rings. The Balaban J connectivity index is 1.05. The van der Waals surface area contributed by atoms with Crippen molar-refractivity contribution in [3.63, 3.8) is 0 Å². The molecule has 5 rings (SSSR count). The number of likely N-dealkylation sites (tertiary alicyclic amines) is 1. The van der Waals surface area contributed by atoms with Gasteiger partial charge in [-0.1, -0.05) is 95.5 Å². The topological polar surface area (TPSA) is 320 Å². The molecule has 74 heavy (non-hydrogen) atoms. The number of fused-ring (bicyclic) bond motifs is 1. The van der Waals surface area contributed by atoms with Gasteiger partial charge in [0.05, 0.1) is 18.6 Å². The lowest BCUT2D eigenvalue weighted by molar-refractivity contribution is -0.185. The number of halogens is 1. The molecule has 0 bridgehead atoms. The van der Waals surface area contributed by atoms with E-state index in [0.29, 0.717) is 22.4 Å². The minimum absolute atomic E-state index is 0.0989. The number of imide groups is 1. The number of hydrogen-bond donors (Lipinski definition) is 9. The summed E-state index contributed by atoms with van der Waals surface area (Å²) in [6.45, 7) is 11.8. The largest absolute Gasteiger partial charge is 0.445 e. The molecule has 0 radical (unpaired) electrons. The van der Waals surface area contributed by atoms with Crippen molar-refractivity contribution >= 4 is 86.8 Å². The zero-order chi connectivity index (χ0) is 54.4. The van der Waals surface area contributed by atoms with E-state index in [4.69, 9.17) is 9.47 Å². The van der Waals surface area contributed by atoms with Crippen LogP contribution in [0.25, 0.3) is 11.2 Å². The number of nitrogens with one attached hydrogen (secondary N) is 6. The van der Waals surface area contributed by atoms with Gasteiger partial charge < -0.3 is 61.3 Å². The maximum Gasteiger partial charge on any atom is 0.410 e. The van der Waals surface area contributed by atoms with E-state index in [-0.39, 0.29) is 58.9 Å². The van der Waals surface area contributed by atoms with Gasteiger partial charge in [0.15, 0.2) is 17.7 Å². The molecule has 2 aromatic heterocycles. The van der Waals surface area contributed by atoms with Crippen molar-refractivity contribution in [2.45, 2.75) is 165 Å². The fraction of sp³-hybridized carbons (Fsp3) is 0.640.